The third-order valence-electron chi connectivity index (χ3n) is 1.55. The highest BCUT2D eigenvalue weighted by molar-refractivity contribution is 5.00. The molecule has 0 aliphatic carbocycles. The zero-order valence-electron chi connectivity index (χ0n) is 9.26. The fourth-order valence-corrected chi connectivity index (χ4v) is 0.870. The maximum atomic E-state index is 8.48. The van der Waals surface area contributed by atoms with E-state index in [9.17, 15) is 0 Å². The molecule has 1 unspecified atom stereocenters. The summed E-state index contributed by atoms with van der Waals surface area (Å²) >= 11 is 0. The van der Waals surface area contributed by atoms with E-state index in [4.69, 9.17) is 5.26 Å². The van der Waals surface area contributed by atoms with Crippen LogP contribution in [0.2, 0.25) is 0 Å². The van der Waals surface area contributed by atoms with Gasteiger partial charge in [-0.3, -0.25) is 5.32 Å². The smallest absolute Gasteiger partial charge is 0.103 e. The monoisotopic (exact) mass is 194 g/mol. The first kappa shape index (κ1) is 12.7. The summed E-state index contributed by atoms with van der Waals surface area (Å²) < 4.78 is 0. The molecular formula is C10H18N4. The summed E-state index contributed by atoms with van der Waals surface area (Å²) in [7, 11) is 0. The topological polar surface area (TPSA) is 64.5 Å². The molecule has 78 valence electrons. The van der Waals surface area contributed by atoms with E-state index in [0.717, 1.165) is 11.5 Å². The van der Waals surface area contributed by atoms with E-state index in [0.29, 0.717) is 6.54 Å². The summed E-state index contributed by atoms with van der Waals surface area (Å²) in [5, 5.41) is 11.5. The maximum Gasteiger partial charge on any atom is 0.103 e. The Bertz CT molecular complexity index is 285. The van der Waals surface area contributed by atoms with Crippen molar-refractivity contribution >= 4 is 0 Å². The molecule has 4 heteroatoms. The van der Waals surface area contributed by atoms with Crippen molar-refractivity contribution < 1.29 is 0 Å². The van der Waals surface area contributed by atoms with Gasteiger partial charge >= 0.3 is 0 Å². The molecule has 4 nitrogen and oxygen atoms in total. The molecule has 14 heavy (non-hydrogen) atoms. The average Bonchev–Trinajstić information content (AvgIpc) is 2.64. The SMILES string of the molecule is CC.Cc1ncc(CNC(C)C#N)[nH]1. The molecule has 1 aromatic rings. The van der Waals surface area contributed by atoms with Crippen LogP contribution < -0.4 is 5.32 Å². The van der Waals surface area contributed by atoms with Gasteiger partial charge in [0.1, 0.15) is 5.82 Å². The Labute approximate surface area is 85.4 Å². The van der Waals surface area contributed by atoms with Gasteiger partial charge in [-0.1, -0.05) is 13.8 Å². The lowest BCUT2D eigenvalue weighted by atomic mass is 10.3. The van der Waals surface area contributed by atoms with Crippen LogP contribution in [0.4, 0.5) is 0 Å². The van der Waals surface area contributed by atoms with Crippen molar-refractivity contribution in [2.75, 3.05) is 0 Å². The summed E-state index contributed by atoms with van der Waals surface area (Å²) in [5.74, 6) is 0.899. The Hall–Kier alpha value is -1.34. The quantitative estimate of drug-likeness (QED) is 0.770. The third-order valence-corrected chi connectivity index (χ3v) is 1.55. The second-order valence-corrected chi connectivity index (χ2v) is 2.73. The number of H-pyrrole nitrogens is 1. The van der Waals surface area contributed by atoms with Crippen LogP contribution in [0.5, 0.6) is 0 Å². The van der Waals surface area contributed by atoms with E-state index in [-0.39, 0.29) is 6.04 Å². The number of nitrogens with zero attached hydrogens (tertiary/aromatic N) is 2. The summed E-state index contributed by atoms with van der Waals surface area (Å²) in [5.41, 5.74) is 1.01. The maximum absolute atomic E-state index is 8.48. The largest absolute Gasteiger partial charge is 0.345 e. The van der Waals surface area contributed by atoms with Gasteiger partial charge in [-0.15, -0.1) is 0 Å². The number of nitriles is 1. The van der Waals surface area contributed by atoms with E-state index in [1.54, 1.807) is 6.20 Å². The summed E-state index contributed by atoms with van der Waals surface area (Å²) in [6, 6.07) is 1.98. The Balaban J connectivity index is 0.000000791. The molecule has 1 atom stereocenters. The van der Waals surface area contributed by atoms with Crippen molar-refractivity contribution in [3.05, 3.63) is 17.7 Å². The molecule has 0 amide bonds. The predicted octanol–water partition coefficient (Wildman–Crippen LogP) is 1.75. The van der Waals surface area contributed by atoms with Gasteiger partial charge in [0.15, 0.2) is 0 Å². The van der Waals surface area contributed by atoms with Crippen LogP contribution in [0.25, 0.3) is 0 Å². The highest BCUT2D eigenvalue weighted by atomic mass is 15.0. The molecule has 0 fully saturated rings. The molecule has 1 rings (SSSR count). The number of aromatic amines is 1. The first-order chi connectivity index (χ1) is 6.72. The van der Waals surface area contributed by atoms with Gasteiger partial charge in [0.2, 0.25) is 0 Å². The molecule has 0 saturated carbocycles. The lowest BCUT2D eigenvalue weighted by molar-refractivity contribution is 0.633. The summed E-state index contributed by atoms with van der Waals surface area (Å²) in [6.45, 7) is 8.38. The van der Waals surface area contributed by atoms with Crippen LogP contribution in [0.3, 0.4) is 0 Å². The number of hydrogen-bond donors (Lipinski definition) is 2. The van der Waals surface area contributed by atoms with Crippen molar-refractivity contribution in [3.8, 4) is 6.07 Å². The molecule has 0 bridgehead atoms. The van der Waals surface area contributed by atoms with Crippen molar-refractivity contribution in [2.24, 2.45) is 0 Å². The minimum atomic E-state index is -0.117. The fraction of sp³-hybridized carbons (Fsp3) is 0.600. The zero-order chi connectivity index (χ0) is 11.0. The Kier molecular flexibility index (Phi) is 6.42. The van der Waals surface area contributed by atoms with Gasteiger partial charge in [0.25, 0.3) is 0 Å². The minimum absolute atomic E-state index is 0.117. The zero-order valence-corrected chi connectivity index (χ0v) is 9.26. The van der Waals surface area contributed by atoms with Gasteiger partial charge in [-0.25, -0.2) is 4.98 Å². The van der Waals surface area contributed by atoms with Gasteiger partial charge in [-0.05, 0) is 13.8 Å². The lowest BCUT2D eigenvalue weighted by Crippen LogP contribution is -2.23. The predicted molar refractivity (Wildman–Crippen MR) is 56.6 cm³/mol. The van der Waals surface area contributed by atoms with Crippen LogP contribution >= 0.6 is 0 Å². The molecule has 0 radical (unpaired) electrons. The fourth-order valence-electron chi connectivity index (χ4n) is 0.870. The Morgan fingerprint density at radius 3 is 2.71 bits per heavy atom. The van der Waals surface area contributed by atoms with Crippen molar-refractivity contribution in [3.63, 3.8) is 0 Å². The van der Waals surface area contributed by atoms with E-state index in [1.165, 1.54) is 0 Å². The number of aromatic nitrogens is 2. The van der Waals surface area contributed by atoms with Crippen molar-refractivity contribution in [2.45, 2.75) is 40.3 Å². The third kappa shape index (κ3) is 4.63. The van der Waals surface area contributed by atoms with Crippen LogP contribution in [-0.2, 0) is 6.54 Å². The molecule has 0 saturated heterocycles. The first-order valence-electron chi connectivity index (χ1n) is 4.86. The lowest BCUT2D eigenvalue weighted by Gasteiger charge is -2.02. The Morgan fingerprint density at radius 2 is 2.29 bits per heavy atom. The van der Waals surface area contributed by atoms with E-state index >= 15 is 0 Å². The van der Waals surface area contributed by atoms with Crippen LogP contribution in [0.1, 0.15) is 32.3 Å². The molecule has 1 aromatic heterocycles. The molecule has 0 aliphatic heterocycles. The minimum Gasteiger partial charge on any atom is -0.345 e. The van der Waals surface area contributed by atoms with Crippen molar-refractivity contribution in [1.29, 1.82) is 5.26 Å². The molecule has 2 N–H and O–H groups in total. The van der Waals surface area contributed by atoms with E-state index < -0.39 is 0 Å². The average molecular weight is 194 g/mol. The van der Waals surface area contributed by atoms with Crippen molar-refractivity contribution in [1.82, 2.24) is 15.3 Å². The molecule has 1 heterocycles. The second-order valence-electron chi connectivity index (χ2n) is 2.73. The Morgan fingerprint density at radius 1 is 1.64 bits per heavy atom. The number of hydrogen-bond acceptors (Lipinski definition) is 3. The van der Waals surface area contributed by atoms with E-state index in [1.807, 2.05) is 27.7 Å². The van der Waals surface area contributed by atoms with Crippen LogP contribution in [0.15, 0.2) is 6.20 Å². The van der Waals surface area contributed by atoms with Gasteiger partial charge in [0.05, 0.1) is 12.1 Å². The number of imidazole rings is 1. The summed E-state index contributed by atoms with van der Waals surface area (Å²) in [4.78, 5) is 7.11. The normalized spacial score (nSPS) is 11.1. The van der Waals surface area contributed by atoms with Crippen LogP contribution in [0, 0.1) is 18.3 Å². The van der Waals surface area contributed by atoms with Gasteiger partial charge in [-0.2, -0.15) is 5.26 Å². The number of nitrogens with one attached hydrogen (secondary N) is 2. The molecule has 0 aromatic carbocycles. The second kappa shape index (κ2) is 7.10. The van der Waals surface area contributed by atoms with Gasteiger partial charge in [0, 0.05) is 18.4 Å². The summed E-state index contributed by atoms with van der Waals surface area (Å²) in [6.07, 6.45) is 1.77. The molecule has 0 aliphatic rings. The highest BCUT2D eigenvalue weighted by Gasteiger charge is 1.99. The standard InChI is InChI=1S/C8H12N4.C2H6/c1-6(3-9)10-4-8-5-11-7(2)12-8;1-2/h5-6,10H,4H2,1-2H3,(H,11,12);1-2H3. The molecule has 0 spiro atoms. The van der Waals surface area contributed by atoms with Crippen LogP contribution in [-0.4, -0.2) is 16.0 Å². The number of aryl methyl sites for hydroxylation is 1. The van der Waals surface area contributed by atoms with E-state index in [2.05, 4.69) is 21.4 Å². The highest BCUT2D eigenvalue weighted by Crippen LogP contribution is 1.94. The molecular weight excluding hydrogens is 176 g/mol. The number of rotatable bonds is 3. The first-order valence-corrected chi connectivity index (χ1v) is 4.86. The van der Waals surface area contributed by atoms with Gasteiger partial charge < -0.3 is 4.98 Å².